The van der Waals surface area contributed by atoms with Gasteiger partial charge in [0.25, 0.3) is 0 Å². The van der Waals surface area contributed by atoms with Crippen LogP contribution in [0.25, 0.3) is 11.4 Å². The maximum atomic E-state index is 11.9. The zero-order valence-electron chi connectivity index (χ0n) is 16.4. The highest BCUT2D eigenvalue weighted by Crippen LogP contribution is 2.15. The van der Waals surface area contributed by atoms with Crippen molar-refractivity contribution >= 4 is 11.9 Å². The summed E-state index contributed by atoms with van der Waals surface area (Å²) in [7, 11) is 0. The number of hydrogen-bond acceptors (Lipinski definition) is 8. The smallest absolute Gasteiger partial charge is 0.306 e. The Balaban J connectivity index is 1.55. The number of fused-ring (bicyclic) bond motifs is 8. The van der Waals surface area contributed by atoms with Gasteiger partial charge in [-0.15, -0.1) is 10.2 Å². The Kier molecular flexibility index (Phi) is 6.11. The van der Waals surface area contributed by atoms with Gasteiger partial charge in [-0.1, -0.05) is 29.3 Å². The summed E-state index contributed by atoms with van der Waals surface area (Å²) in [4.78, 5) is 23.8. The molecule has 6 bridgehead atoms. The van der Waals surface area contributed by atoms with E-state index in [-0.39, 0.29) is 25.2 Å². The first-order valence-corrected chi connectivity index (χ1v) is 9.92. The van der Waals surface area contributed by atoms with Crippen LogP contribution in [-0.4, -0.2) is 41.9 Å². The Hall–Kier alpha value is -3.56. The summed E-state index contributed by atoms with van der Waals surface area (Å²) in [5.41, 5.74) is 2.68. The molecule has 0 spiro atoms. The van der Waals surface area contributed by atoms with E-state index in [1.807, 2.05) is 24.3 Å². The monoisotopic (exact) mass is 410 g/mol. The van der Waals surface area contributed by atoms with E-state index in [0.29, 0.717) is 24.2 Å². The van der Waals surface area contributed by atoms with Crippen molar-refractivity contribution in [3.8, 4) is 11.4 Å². The van der Waals surface area contributed by atoms with Crippen molar-refractivity contribution < 1.29 is 19.1 Å². The van der Waals surface area contributed by atoms with Crippen LogP contribution in [0, 0.1) is 0 Å². The Labute approximate surface area is 172 Å². The predicted octanol–water partition coefficient (Wildman–Crippen LogP) is 2.29. The highest BCUT2D eigenvalue weighted by molar-refractivity contribution is 5.69. The van der Waals surface area contributed by atoms with Crippen LogP contribution in [0.3, 0.4) is 0 Å². The molecule has 1 aliphatic heterocycles. The molecule has 0 atom stereocenters. The van der Waals surface area contributed by atoms with Crippen LogP contribution in [0.1, 0.15) is 49.9 Å². The molecule has 10 heteroatoms. The van der Waals surface area contributed by atoms with Crippen LogP contribution in [0.5, 0.6) is 0 Å². The molecule has 2 aromatic heterocycles. The molecule has 10 nitrogen and oxygen atoms in total. The van der Waals surface area contributed by atoms with Gasteiger partial charge in [-0.05, 0) is 31.0 Å². The molecule has 156 valence electrons. The van der Waals surface area contributed by atoms with Crippen LogP contribution in [0.4, 0.5) is 0 Å². The fourth-order valence-corrected chi connectivity index (χ4v) is 3.10. The molecular weight excluding hydrogens is 388 g/mol. The van der Waals surface area contributed by atoms with Crippen LogP contribution in [-0.2, 0) is 32.3 Å². The lowest BCUT2D eigenvalue weighted by Crippen LogP contribution is -2.05. The number of rotatable bonds is 0. The fraction of sp³-hybridized carbons (Fsp3) is 0.400. The van der Waals surface area contributed by atoms with Gasteiger partial charge in [-0.3, -0.25) is 9.59 Å². The van der Waals surface area contributed by atoms with E-state index in [2.05, 4.69) is 20.6 Å². The normalized spacial score (nSPS) is 16.3. The first kappa shape index (κ1) is 19.7. The minimum Gasteiger partial charge on any atom is -0.459 e. The molecule has 3 aromatic rings. The number of aromatic nitrogens is 6. The van der Waals surface area contributed by atoms with Crippen molar-refractivity contribution in [2.24, 2.45) is 0 Å². The number of carbonyl (C=O) groups is 2. The third-order valence-corrected chi connectivity index (χ3v) is 4.71. The van der Waals surface area contributed by atoms with Gasteiger partial charge < -0.3 is 9.47 Å². The standard InChI is InChI=1S/C20H22N6O4/c27-19-8-3-1-2-4-9-20(28)30-14-16-12-26(24-22-16)18-7-5-6-17(10-18)25-11-15(13-29-19)21-23-25/h5-7,10-12H,1-4,8-9,13-14H2. The summed E-state index contributed by atoms with van der Waals surface area (Å²) in [5.74, 6) is -0.530. The lowest BCUT2D eigenvalue weighted by Gasteiger charge is -2.04. The average Bonchev–Trinajstić information content (AvgIpc) is 3.42. The van der Waals surface area contributed by atoms with E-state index in [0.717, 1.165) is 37.1 Å². The molecule has 0 aliphatic carbocycles. The number of ether oxygens (including phenoxy) is 2. The number of nitrogens with zero attached hydrogens (tertiary/aromatic N) is 6. The number of esters is 2. The molecule has 1 aromatic carbocycles. The van der Waals surface area contributed by atoms with Gasteiger partial charge in [0, 0.05) is 12.8 Å². The van der Waals surface area contributed by atoms with E-state index in [1.165, 1.54) is 0 Å². The van der Waals surface area contributed by atoms with Crippen molar-refractivity contribution in [1.82, 2.24) is 30.0 Å². The Bertz CT molecular complexity index is 950. The number of cyclic esters (lactones) is 2. The summed E-state index contributed by atoms with van der Waals surface area (Å²) in [5, 5.41) is 16.4. The van der Waals surface area contributed by atoms with Crippen LogP contribution < -0.4 is 0 Å². The summed E-state index contributed by atoms with van der Waals surface area (Å²) in [6.45, 7) is 0.160. The first-order valence-electron chi connectivity index (χ1n) is 9.92. The van der Waals surface area contributed by atoms with Gasteiger partial charge in [-0.2, -0.15) is 0 Å². The second kappa shape index (κ2) is 9.29. The highest BCUT2D eigenvalue weighted by Gasteiger charge is 2.11. The van der Waals surface area contributed by atoms with Gasteiger partial charge in [0.05, 0.1) is 23.8 Å². The number of hydrogen-bond donors (Lipinski definition) is 0. The first-order chi connectivity index (χ1) is 14.7. The van der Waals surface area contributed by atoms with Gasteiger partial charge in [-0.25, -0.2) is 9.36 Å². The maximum absolute atomic E-state index is 11.9. The molecule has 3 heterocycles. The summed E-state index contributed by atoms with van der Waals surface area (Å²) >= 11 is 0. The molecule has 0 fully saturated rings. The van der Waals surface area contributed by atoms with E-state index in [9.17, 15) is 9.59 Å². The van der Waals surface area contributed by atoms with Crippen molar-refractivity contribution in [3.63, 3.8) is 0 Å². The van der Waals surface area contributed by atoms with Crippen molar-refractivity contribution in [1.29, 1.82) is 0 Å². The predicted molar refractivity (Wildman–Crippen MR) is 104 cm³/mol. The van der Waals surface area contributed by atoms with Gasteiger partial charge in [0.2, 0.25) is 0 Å². The van der Waals surface area contributed by atoms with Crippen LogP contribution in [0.2, 0.25) is 0 Å². The Morgan fingerprint density at radius 3 is 1.73 bits per heavy atom. The maximum Gasteiger partial charge on any atom is 0.306 e. The molecule has 0 radical (unpaired) electrons. The molecule has 0 amide bonds. The van der Waals surface area contributed by atoms with E-state index in [4.69, 9.17) is 9.47 Å². The Morgan fingerprint density at radius 2 is 1.23 bits per heavy atom. The molecule has 30 heavy (non-hydrogen) atoms. The van der Waals surface area contributed by atoms with E-state index >= 15 is 0 Å². The molecular formula is C20H22N6O4. The third kappa shape index (κ3) is 5.07. The largest absolute Gasteiger partial charge is 0.459 e. The molecule has 0 saturated carbocycles. The zero-order chi connectivity index (χ0) is 20.8. The molecule has 0 saturated heterocycles. The Morgan fingerprint density at radius 1 is 0.733 bits per heavy atom. The van der Waals surface area contributed by atoms with Crippen molar-refractivity contribution in [2.45, 2.75) is 51.7 Å². The second-order valence-corrected chi connectivity index (χ2v) is 7.06. The lowest BCUT2D eigenvalue weighted by atomic mass is 10.1. The van der Waals surface area contributed by atoms with E-state index < -0.39 is 0 Å². The summed E-state index contributed by atoms with van der Waals surface area (Å²) in [6.07, 6.45) is 7.27. The quantitative estimate of drug-likeness (QED) is 0.519. The summed E-state index contributed by atoms with van der Waals surface area (Å²) in [6, 6.07) is 7.49. The topological polar surface area (TPSA) is 114 Å². The summed E-state index contributed by atoms with van der Waals surface area (Å²) < 4.78 is 13.8. The van der Waals surface area contributed by atoms with Crippen LogP contribution >= 0.6 is 0 Å². The lowest BCUT2D eigenvalue weighted by molar-refractivity contribution is -0.146. The minimum absolute atomic E-state index is 0.0802. The van der Waals surface area contributed by atoms with Crippen molar-refractivity contribution in [3.05, 3.63) is 48.0 Å². The molecule has 4 rings (SSSR count). The number of benzene rings is 1. The van der Waals surface area contributed by atoms with Gasteiger partial charge >= 0.3 is 11.9 Å². The fourth-order valence-electron chi connectivity index (χ4n) is 3.10. The van der Waals surface area contributed by atoms with Gasteiger partial charge in [0.15, 0.2) is 0 Å². The molecule has 0 unspecified atom stereocenters. The van der Waals surface area contributed by atoms with E-state index in [1.54, 1.807) is 21.8 Å². The zero-order valence-corrected chi connectivity index (χ0v) is 16.4. The van der Waals surface area contributed by atoms with Crippen LogP contribution in [0.15, 0.2) is 36.7 Å². The SMILES string of the molecule is O=C1CCCCCCC(=O)OCc2cn(nn2)-c2cccc(c2)-n2cc(nn2)CO1. The average molecular weight is 410 g/mol. The third-order valence-electron chi connectivity index (χ3n) is 4.71. The molecule has 1 aliphatic rings. The highest BCUT2D eigenvalue weighted by atomic mass is 16.5. The second-order valence-electron chi connectivity index (χ2n) is 7.06. The number of carbonyl (C=O) groups excluding carboxylic acids is 2. The minimum atomic E-state index is -0.265. The van der Waals surface area contributed by atoms with Gasteiger partial charge in [0.1, 0.15) is 24.6 Å². The van der Waals surface area contributed by atoms with Crippen molar-refractivity contribution in [2.75, 3.05) is 0 Å². The molecule has 0 N–H and O–H groups in total.